The van der Waals surface area contributed by atoms with Crippen molar-refractivity contribution in [1.82, 2.24) is 0 Å². The van der Waals surface area contributed by atoms with Crippen molar-refractivity contribution in [3.05, 3.63) is 23.8 Å². The first-order valence-electron chi connectivity index (χ1n) is 8.70. The molecule has 0 bridgehead atoms. The van der Waals surface area contributed by atoms with Crippen molar-refractivity contribution >= 4 is 5.78 Å². The summed E-state index contributed by atoms with van der Waals surface area (Å²) in [5.74, 6) is 4.07. The number of ketones is 1. The van der Waals surface area contributed by atoms with Gasteiger partial charge < -0.3 is 0 Å². The van der Waals surface area contributed by atoms with Crippen molar-refractivity contribution in [2.45, 2.75) is 59.8 Å². The Morgan fingerprint density at radius 3 is 2.81 bits per heavy atom. The Labute approximate surface area is 129 Å². The Balaban J connectivity index is 1.71. The predicted octanol–water partition coefficient (Wildman–Crippen LogP) is 5.18. The molecule has 3 saturated carbocycles. The van der Waals surface area contributed by atoms with E-state index in [0.29, 0.717) is 17.1 Å². The molecular formula is C20H30O. The van der Waals surface area contributed by atoms with Crippen LogP contribution in [0.25, 0.3) is 0 Å². The molecule has 0 aromatic rings. The molecule has 21 heavy (non-hydrogen) atoms. The van der Waals surface area contributed by atoms with E-state index >= 15 is 0 Å². The van der Waals surface area contributed by atoms with Gasteiger partial charge in [0, 0.05) is 6.42 Å². The largest absolute Gasteiger partial charge is 0.295 e. The molecule has 3 aliphatic carbocycles. The van der Waals surface area contributed by atoms with Crippen molar-refractivity contribution in [2.75, 3.05) is 0 Å². The zero-order chi connectivity index (χ0) is 15.4. The first-order chi connectivity index (χ1) is 9.84. The molecule has 0 aliphatic heterocycles. The molecule has 6 atom stereocenters. The molecule has 3 aliphatic rings. The van der Waals surface area contributed by atoms with Gasteiger partial charge in [0.25, 0.3) is 0 Å². The third-order valence-corrected chi connectivity index (χ3v) is 6.86. The maximum absolute atomic E-state index is 12.1. The number of hydrogen-bond donors (Lipinski definition) is 0. The molecule has 0 spiro atoms. The summed E-state index contributed by atoms with van der Waals surface area (Å²) in [6, 6.07) is 0. The number of fused-ring (bicyclic) bond motifs is 4. The van der Waals surface area contributed by atoms with Gasteiger partial charge in [0.05, 0.1) is 0 Å². The van der Waals surface area contributed by atoms with Gasteiger partial charge in [-0.2, -0.15) is 0 Å². The molecule has 0 aromatic carbocycles. The molecule has 1 heteroatoms. The van der Waals surface area contributed by atoms with E-state index in [-0.39, 0.29) is 0 Å². The zero-order valence-electron chi connectivity index (χ0n) is 14.1. The summed E-state index contributed by atoms with van der Waals surface area (Å²) in [6.45, 7) is 13.2. The number of carbonyl (C=O) groups is 1. The summed E-state index contributed by atoms with van der Waals surface area (Å²) in [5, 5.41) is 0. The van der Waals surface area contributed by atoms with Crippen LogP contribution in [-0.4, -0.2) is 5.78 Å². The minimum atomic E-state index is 0.317. The number of hydrogen-bond acceptors (Lipinski definition) is 1. The molecule has 0 N–H and O–H groups in total. The van der Waals surface area contributed by atoms with Crippen LogP contribution in [-0.2, 0) is 4.79 Å². The van der Waals surface area contributed by atoms with Crippen LogP contribution in [0.1, 0.15) is 59.8 Å². The van der Waals surface area contributed by atoms with E-state index in [1.165, 1.54) is 31.3 Å². The van der Waals surface area contributed by atoms with Crippen molar-refractivity contribution < 1.29 is 4.79 Å². The number of rotatable bonds is 4. The third-order valence-electron chi connectivity index (χ3n) is 6.86. The lowest BCUT2D eigenvalue weighted by Gasteiger charge is -2.57. The van der Waals surface area contributed by atoms with Crippen LogP contribution in [0, 0.1) is 35.0 Å². The number of carbonyl (C=O) groups excluding carboxylic acids is 1. The molecule has 0 amide bonds. The van der Waals surface area contributed by atoms with E-state index in [9.17, 15) is 4.79 Å². The van der Waals surface area contributed by atoms with Gasteiger partial charge in [-0.3, -0.25) is 4.79 Å². The van der Waals surface area contributed by atoms with E-state index in [1.54, 1.807) is 0 Å². The minimum absolute atomic E-state index is 0.317. The Bertz CT molecular complexity index is 496. The molecule has 0 aromatic heterocycles. The topological polar surface area (TPSA) is 17.1 Å². The highest BCUT2D eigenvalue weighted by Crippen LogP contribution is 2.73. The summed E-state index contributed by atoms with van der Waals surface area (Å²) < 4.78 is 0. The molecule has 0 radical (unpaired) electrons. The van der Waals surface area contributed by atoms with Crippen molar-refractivity contribution in [3.8, 4) is 0 Å². The molecule has 1 nitrogen and oxygen atoms in total. The third kappa shape index (κ3) is 2.24. The van der Waals surface area contributed by atoms with Gasteiger partial charge in [0.2, 0.25) is 0 Å². The molecule has 116 valence electrons. The lowest BCUT2D eigenvalue weighted by molar-refractivity contribution is -0.117. The smallest absolute Gasteiger partial charge is 0.155 e. The van der Waals surface area contributed by atoms with Crippen molar-refractivity contribution in [2.24, 2.45) is 35.0 Å². The van der Waals surface area contributed by atoms with Crippen LogP contribution in [0.3, 0.4) is 0 Å². The van der Waals surface area contributed by atoms with Crippen LogP contribution in [0.15, 0.2) is 23.8 Å². The van der Waals surface area contributed by atoms with E-state index in [1.807, 2.05) is 19.9 Å². The van der Waals surface area contributed by atoms with Crippen LogP contribution in [0.4, 0.5) is 0 Å². The maximum Gasteiger partial charge on any atom is 0.155 e. The highest BCUT2D eigenvalue weighted by Gasteiger charge is 2.66. The van der Waals surface area contributed by atoms with Gasteiger partial charge in [-0.1, -0.05) is 31.6 Å². The van der Waals surface area contributed by atoms with Crippen LogP contribution in [0.2, 0.25) is 0 Å². The van der Waals surface area contributed by atoms with Crippen LogP contribution >= 0.6 is 0 Å². The normalized spacial score (nSPS) is 42.0. The highest BCUT2D eigenvalue weighted by molar-refractivity contribution is 5.90. The monoisotopic (exact) mass is 286 g/mol. The molecule has 0 saturated heterocycles. The molecular weight excluding hydrogens is 256 g/mol. The van der Waals surface area contributed by atoms with E-state index in [2.05, 4.69) is 20.4 Å². The van der Waals surface area contributed by atoms with Gasteiger partial charge >= 0.3 is 0 Å². The lowest BCUT2D eigenvalue weighted by atomic mass is 9.47. The standard InChI is InChI=1S/C20H30O/c1-12(2)10-15(21)11-14(4)16-8-9-20(5)17-7-6-13(3)18(17)19(16)20/h10,14,16-19H,3,6-9,11H2,1-2,4-5H3/t14-,16+,17+,18-,19+,20-/m0/s1. The average molecular weight is 286 g/mol. The summed E-state index contributed by atoms with van der Waals surface area (Å²) in [7, 11) is 0. The second-order valence-corrected chi connectivity index (χ2v) is 8.43. The Morgan fingerprint density at radius 2 is 2.14 bits per heavy atom. The van der Waals surface area contributed by atoms with E-state index < -0.39 is 0 Å². The Hall–Kier alpha value is -0.850. The summed E-state index contributed by atoms with van der Waals surface area (Å²) >= 11 is 0. The first kappa shape index (κ1) is 15.1. The quantitative estimate of drug-likeness (QED) is 0.514. The lowest BCUT2D eigenvalue weighted by Crippen LogP contribution is -2.52. The SMILES string of the molecule is C=C1CC[C@@H]2[C@H]1[C@H]1[C@@H]([C@@H](C)CC(=O)C=C(C)C)CC[C@]12C. The van der Waals surface area contributed by atoms with Gasteiger partial charge in [-0.25, -0.2) is 0 Å². The molecule has 0 heterocycles. The fraction of sp³-hybridized carbons (Fsp3) is 0.750. The maximum atomic E-state index is 12.1. The van der Waals surface area contributed by atoms with Gasteiger partial charge in [0.15, 0.2) is 5.78 Å². The van der Waals surface area contributed by atoms with Crippen LogP contribution < -0.4 is 0 Å². The Morgan fingerprint density at radius 1 is 1.43 bits per heavy atom. The molecule has 3 fully saturated rings. The van der Waals surface area contributed by atoms with Gasteiger partial charge in [-0.15, -0.1) is 0 Å². The molecule has 3 rings (SSSR count). The molecule has 0 unspecified atom stereocenters. The highest BCUT2D eigenvalue weighted by atomic mass is 16.1. The van der Waals surface area contributed by atoms with Crippen LogP contribution in [0.5, 0.6) is 0 Å². The fourth-order valence-corrected chi connectivity index (χ4v) is 6.01. The first-order valence-corrected chi connectivity index (χ1v) is 8.70. The van der Waals surface area contributed by atoms with E-state index in [4.69, 9.17) is 0 Å². The average Bonchev–Trinajstić information content (AvgIpc) is 2.84. The van der Waals surface area contributed by atoms with Crippen molar-refractivity contribution in [1.29, 1.82) is 0 Å². The summed E-state index contributed by atoms with van der Waals surface area (Å²) in [4.78, 5) is 12.1. The fourth-order valence-electron chi connectivity index (χ4n) is 6.01. The second kappa shape index (κ2) is 5.11. The van der Waals surface area contributed by atoms with Gasteiger partial charge in [-0.05, 0) is 80.6 Å². The Kier molecular flexibility index (Phi) is 3.66. The summed E-state index contributed by atoms with van der Waals surface area (Å²) in [6.07, 6.45) is 7.87. The van der Waals surface area contributed by atoms with Crippen molar-refractivity contribution in [3.63, 3.8) is 0 Å². The summed E-state index contributed by atoms with van der Waals surface area (Å²) in [5.41, 5.74) is 3.19. The van der Waals surface area contributed by atoms with E-state index in [0.717, 1.165) is 35.7 Å². The van der Waals surface area contributed by atoms with Gasteiger partial charge in [0.1, 0.15) is 0 Å². The minimum Gasteiger partial charge on any atom is -0.295 e. The zero-order valence-corrected chi connectivity index (χ0v) is 14.1. The second-order valence-electron chi connectivity index (χ2n) is 8.43. The number of allylic oxidation sites excluding steroid dienone is 3. The predicted molar refractivity (Wildman–Crippen MR) is 87.9 cm³/mol.